The molecule has 1 aromatic heterocycles. The highest BCUT2D eigenvalue weighted by Gasteiger charge is 2.22. The van der Waals surface area contributed by atoms with Crippen LogP contribution in [-0.2, 0) is 11.2 Å². The lowest BCUT2D eigenvalue weighted by Gasteiger charge is -2.36. The Kier molecular flexibility index (Phi) is 6.18. The van der Waals surface area contributed by atoms with E-state index >= 15 is 0 Å². The minimum absolute atomic E-state index is 0.118. The number of carboxylic acids is 1. The van der Waals surface area contributed by atoms with Crippen molar-refractivity contribution in [1.82, 2.24) is 4.98 Å². The van der Waals surface area contributed by atoms with E-state index < -0.39 is 5.97 Å². The van der Waals surface area contributed by atoms with Gasteiger partial charge in [-0.05, 0) is 30.7 Å². The van der Waals surface area contributed by atoms with Gasteiger partial charge in [-0.1, -0.05) is 30.3 Å². The number of aromatic nitrogens is 1. The molecule has 30 heavy (non-hydrogen) atoms. The number of methoxy groups -OCH3 is 1. The first-order valence-electron chi connectivity index (χ1n) is 10.0. The molecular weight excluding hydrogens is 398 g/mol. The Morgan fingerprint density at radius 2 is 1.70 bits per heavy atom. The van der Waals surface area contributed by atoms with E-state index in [2.05, 4.69) is 21.9 Å². The molecule has 4 rings (SSSR count). The minimum Gasteiger partial charge on any atom is -0.497 e. The molecule has 1 fully saturated rings. The van der Waals surface area contributed by atoms with E-state index in [4.69, 9.17) is 14.8 Å². The summed E-state index contributed by atoms with van der Waals surface area (Å²) in [5.41, 5.74) is 3.15. The Balaban J connectivity index is 1.49. The van der Waals surface area contributed by atoms with E-state index in [9.17, 15) is 4.79 Å². The molecule has 1 saturated heterocycles. The number of benzene rings is 2. The summed E-state index contributed by atoms with van der Waals surface area (Å²) in [6.45, 7) is 3.59. The lowest BCUT2D eigenvalue weighted by molar-refractivity contribution is -0.136. The average molecular weight is 424 g/mol. The third-order valence-electron chi connectivity index (χ3n) is 5.29. The number of nitrogens with zero attached hydrogens (tertiary/aromatic N) is 3. The fourth-order valence-electron chi connectivity index (χ4n) is 3.64. The number of carboxylic acid groups (broad SMARTS) is 1. The SMILES string of the molecule is COc1ccc(N2CCN(c3nc(-c4ccccc4)c(CCC(=O)O)s3)CC2)cc1. The molecule has 7 heteroatoms. The molecule has 0 spiro atoms. The van der Waals surface area contributed by atoms with Crippen molar-refractivity contribution in [3.63, 3.8) is 0 Å². The van der Waals surface area contributed by atoms with Crippen molar-refractivity contribution in [2.45, 2.75) is 12.8 Å². The van der Waals surface area contributed by atoms with Crippen molar-refractivity contribution in [2.24, 2.45) is 0 Å². The quantitative estimate of drug-likeness (QED) is 0.616. The van der Waals surface area contributed by atoms with Crippen LogP contribution in [0, 0.1) is 0 Å². The van der Waals surface area contributed by atoms with Crippen LogP contribution in [0.15, 0.2) is 54.6 Å². The van der Waals surface area contributed by atoms with Crippen LogP contribution in [0.25, 0.3) is 11.3 Å². The lowest BCUT2D eigenvalue weighted by Crippen LogP contribution is -2.46. The zero-order chi connectivity index (χ0) is 20.9. The molecule has 0 atom stereocenters. The summed E-state index contributed by atoms with van der Waals surface area (Å²) < 4.78 is 5.25. The first-order chi connectivity index (χ1) is 14.6. The molecule has 0 bridgehead atoms. The summed E-state index contributed by atoms with van der Waals surface area (Å²) >= 11 is 1.62. The second-order valence-corrected chi connectivity index (χ2v) is 8.26. The van der Waals surface area contributed by atoms with Gasteiger partial charge in [0.05, 0.1) is 19.2 Å². The van der Waals surface area contributed by atoms with Gasteiger partial charge in [0.25, 0.3) is 0 Å². The number of carbonyl (C=O) groups is 1. The van der Waals surface area contributed by atoms with Gasteiger partial charge >= 0.3 is 5.97 Å². The number of aryl methyl sites for hydroxylation is 1. The van der Waals surface area contributed by atoms with Crippen LogP contribution < -0.4 is 14.5 Å². The first-order valence-corrected chi connectivity index (χ1v) is 10.9. The van der Waals surface area contributed by atoms with Crippen molar-refractivity contribution in [2.75, 3.05) is 43.1 Å². The maximum absolute atomic E-state index is 11.1. The Bertz CT molecular complexity index is 981. The number of piperazine rings is 1. The van der Waals surface area contributed by atoms with Crippen LogP contribution in [-0.4, -0.2) is 49.3 Å². The van der Waals surface area contributed by atoms with E-state index in [1.54, 1.807) is 18.4 Å². The number of anilines is 2. The Labute approximate surface area is 180 Å². The largest absolute Gasteiger partial charge is 0.497 e. The summed E-state index contributed by atoms with van der Waals surface area (Å²) in [5, 5.41) is 10.1. The third kappa shape index (κ3) is 4.57. The minimum atomic E-state index is -0.780. The number of hydrogen-bond donors (Lipinski definition) is 1. The molecule has 0 unspecified atom stereocenters. The van der Waals surface area contributed by atoms with E-state index in [0.29, 0.717) is 6.42 Å². The molecule has 1 aliphatic rings. The third-order valence-corrected chi connectivity index (χ3v) is 6.46. The van der Waals surface area contributed by atoms with Crippen LogP contribution in [0.4, 0.5) is 10.8 Å². The molecule has 6 nitrogen and oxygen atoms in total. The molecule has 0 aliphatic carbocycles. The lowest BCUT2D eigenvalue weighted by atomic mass is 10.1. The molecule has 0 saturated carbocycles. The van der Waals surface area contributed by atoms with Crippen LogP contribution in [0.3, 0.4) is 0 Å². The molecular formula is C23H25N3O3S. The van der Waals surface area contributed by atoms with Gasteiger partial charge in [-0.25, -0.2) is 4.98 Å². The number of rotatable bonds is 7. The molecule has 3 aromatic rings. The molecule has 1 N–H and O–H groups in total. The Morgan fingerprint density at radius 3 is 2.33 bits per heavy atom. The van der Waals surface area contributed by atoms with Gasteiger partial charge < -0.3 is 19.6 Å². The molecule has 0 amide bonds. The van der Waals surface area contributed by atoms with Crippen molar-refractivity contribution in [3.8, 4) is 17.0 Å². The number of thiazole rings is 1. The van der Waals surface area contributed by atoms with E-state index in [1.165, 1.54) is 5.69 Å². The van der Waals surface area contributed by atoms with Gasteiger partial charge in [-0.15, -0.1) is 11.3 Å². The molecule has 1 aliphatic heterocycles. The average Bonchev–Trinajstić information content (AvgIpc) is 3.23. The van der Waals surface area contributed by atoms with Gasteiger partial charge in [0.2, 0.25) is 0 Å². The zero-order valence-corrected chi connectivity index (χ0v) is 17.8. The predicted octanol–water partition coefficient (Wildman–Crippen LogP) is 4.16. The van der Waals surface area contributed by atoms with Crippen molar-refractivity contribution in [3.05, 3.63) is 59.5 Å². The second kappa shape index (κ2) is 9.17. The fraction of sp³-hybridized carbons (Fsp3) is 0.304. The van der Waals surface area contributed by atoms with Crippen molar-refractivity contribution < 1.29 is 14.6 Å². The van der Waals surface area contributed by atoms with Crippen molar-refractivity contribution in [1.29, 1.82) is 0 Å². The summed E-state index contributed by atoms with van der Waals surface area (Å²) in [5.74, 6) is 0.0829. The van der Waals surface area contributed by atoms with Gasteiger partial charge in [0.15, 0.2) is 5.13 Å². The summed E-state index contributed by atoms with van der Waals surface area (Å²) in [7, 11) is 1.68. The molecule has 0 radical (unpaired) electrons. The Morgan fingerprint density at radius 1 is 1.03 bits per heavy atom. The summed E-state index contributed by atoms with van der Waals surface area (Å²) in [6, 6.07) is 18.2. The first kappa shape index (κ1) is 20.2. The normalized spacial score (nSPS) is 14.0. The monoisotopic (exact) mass is 423 g/mol. The van der Waals surface area contributed by atoms with E-state index in [0.717, 1.165) is 53.2 Å². The predicted molar refractivity (Wildman–Crippen MR) is 121 cm³/mol. The number of hydrogen-bond acceptors (Lipinski definition) is 6. The summed E-state index contributed by atoms with van der Waals surface area (Å²) in [4.78, 5) is 21.7. The van der Waals surface area contributed by atoms with Crippen molar-refractivity contribution >= 4 is 28.1 Å². The maximum atomic E-state index is 11.1. The van der Waals surface area contributed by atoms with Crippen LogP contribution >= 0.6 is 11.3 Å². The van der Waals surface area contributed by atoms with Crippen LogP contribution in [0.1, 0.15) is 11.3 Å². The molecule has 156 valence electrons. The topological polar surface area (TPSA) is 65.9 Å². The Hall–Kier alpha value is -3.06. The maximum Gasteiger partial charge on any atom is 0.303 e. The fourth-order valence-corrected chi connectivity index (χ4v) is 4.77. The van der Waals surface area contributed by atoms with Crippen LogP contribution in [0.2, 0.25) is 0 Å². The second-order valence-electron chi connectivity index (χ2n) is 7.20. The van der Waals surface area contributed by atoms with E-state index in [1.807, 2.05) is 42.5 Å². The van der Waals surface area contributed by atoms with Gasteiger partial charge in [-0.2, -0.15) is 0 Å². The molecule has 2 aromatic carbocycles. The van der Waals surface area contributed by atoms with E-state index in [-0.39, 0.29) is 6.42 Å². The highest BCUT2D eigenvalue weighted by atomic mass is 32.1. The standard InChI is InChI=1S/C23H25N3O3S/c1-29-19-9-7-18(8-10-19)25-13-15-26(16-14-25)23-24-22(17-5-3-2-4-6-17)20(30-23)11-12-21(27)28/h2-10H,11-16H2,1H3,(H,27,28). The summed E-state index contributed by atoms with van der Waals surface area (Å²) in [6.07, 6.45) is 0.621. The number of aliphatic carboxylic acids is 1. The van der Waals surface area contributed by atoms with Gasteiger partial charge in [-0.3, -0.25) is 4.79 Å². The molecule has 2 heterocycles. The van der Waals surface area contributed by atoms with Gasteiger partial charge in [0.1, 0.15) is 5.75 Å². The number of ether oxygens (including phenoxy) is 1. The van der Waals surface area contributed by atoms with Gasteiger partial charge in [0, 0.05) is 42.3 Å². The smallest absolute Gasteiger partial charge is 0.303 e. The van der Waals surface area contributed by atoms with Crippen LogP contribution in [0.5, 0.6) is 5.75 Å². The zero-order valence-electron chi connectivity index (χ0n) is 17.0. The highest BCUT2D eigenvalue weighted by Crippen LogP contribution is 2.35. The highest BCUT2D eigenvalue weighted by molar-refractivity contribution is 7.16.